The highest BCUT2D eigenvalue weighted by Gasteiger charge is 2.19. The second-order valence-corrected chi connectivity index (χ2v) is 6.50. The van der Waals surface area contributed by atoms with Crippen LogP contribution >= 0.6 is 0 Å². The summed E-state index contributed by atoms with van der Waals surface area (Å²) >= 11 is 0. The maximum absolute atomic E-state index is 12.4. The minimum atomic E-state index is -0.369. The molecule has 0 unspecified atom stereocenters. The van der Waals surface area contributed by atoms with Gasteiger partial charge in [-0.3, -0.25) is 9.59 Å². The topological polar surface area (TPSA) is 68.5 Å². The molecule has 26 heavy (non-hydrogen) atoms. The summed E-state index contributed by atoms with van der Waals surface area (Å²) in [6, 6.07) is 16.1. The maximum Gasteiger partial charge on any atom is 0.287 e. The second-order valence-electron chi connectivity index (χ2n) is 6.50. The number of hydrogen-bond acceptors (Lipinski definition) is 4. The predicted octanol–water partition coefficient (Wildman–Crippen LogP) is 3.16. The van der Waals surface area contributed by atoms with E-state index < -0.39 is 0 Å². The number of rotatable bonds is 3. The van der Waals surface area contributed by atoms with Crippen molar-refractivity contribution < 1.29 is 13.9 Å². The maximum atomic E-state index is 12.4. The van der Waals surface area contributed by atoms with Crippen LogP contribution in [0.15, 0.2) is 63.8 Å². The minimum Gasteiger partial charge on any atom is -0.493 e. The lowest BCUT2D eigenvalue weighted by atomic mass is 9.97. The first-order chi connectivity index (χ1) is 12.7. The fourth-order valence-electron chi connectivity index (χ4n) is 3.28. The summed E-state index contributed by atoms with van der Waals surface area (Å²) in [5, 5.41) is 3.37. The van der Waals surface area contributed by atoms with E-state index in [0.717, 1.165) is 24.2 Å². The molecule has 0 saturated heterocycles. The number of amides is 1. The summed E-state index contributed by atoms with van der Waals surface area (Å²) in [4.78, 5) is 24.6. The summed E-state index contributed by atoms with van der Waals surface area (Å²) in [5.74, 6) is 0.863. The van der Waals surface area contributed by atoms with Crippen molar-refractivity contribution in [2.24, 2.45) is 5.92 Å². The molecule has 5 heteroatoms. The lowest BCUT2D eigenvalue weighted by molar-refractivity contribution is 0.0918. The molecule has 5 nitrogen and oxygen atoms in total. The quantitative estimate of drug-likeness (QED) is 0.789. The third kappa shape index (κ3) is 3.33. The van der Waals surface area contributed by atoms with E-state index in [1.807, 2.05) is 18.2 Å². The van der Waals surface area contributed by atoms with E-state index in [0.29, 0.717) is 24.1 Å². The molecule has 3 aromatic rings. The summed E-state index contributed by atoms with van der Waals surface area (Å²) in [7, 11) is 0. The monoisotopic (exact) mass is 349 g/mol. The van der Waals surface area contributed by atoms with Gasteiger partial charge in [-0.1, -0.05) is 30.3 Å². The van der Waals surface area contributed by atoms with Crippen LogP contribution in [0.5, 0.6) is 5.75 Å². The molecule has 0 spiro atoms. The molecule has 1 aromatic heterocycles. The smallest absolute Gasteiger partial charge is 0.287 e. The minimum absolute atomic E-state index is 0.0407. The molecule has 0 fully saturated rings. The number of ether oxygens (including phenoxy) is 1. The van der Waals surface area contributed by atoms with Crippen LogP contribution in [0.25, 0.3) is 11.0 Å². The largest absolute Gasteiger partial charge is 0.493 e. The van der Waals surface area contributed by atoms with Gasteiger partial charge in [-0.15, -0.1) is 0 Å². The lowest BCUT2D eigenvalue weighted by Crippen LogP contribution is -2.31. The molecule has 1 atom stereocenters. The van der Waals surface area contributed by atoms with Crippen molar-refractivity contribution in [2.75, 3.05) is 13.2 Å². The Kier molecular flexibility index (Phi) is 4.44. The van der Waals surface area contributed by atoms with Crippen LogP contribution in [-0.4, -0.2) is 19.1 Å². The van der Waals surface area contributed by atoms with Gasteiger partial charge in [-0.2, -0.15) is 0 Å². The Hall–Kier alpha value is -3.08. The molecule has 0 bridgehead atoms. The van der Waals surface area contributed by atoms with Crippen LogP contribution in [0, 0.1) is 5.92 Å². The lowest BCUT2D eigenvalue weighted by Gasteiger charge is -2.14. The molecule has 132 valence electrons. The number of benzene rings is 2. The van der Waals surface area contributed by atoms with Gasteiger partial charge in [0.1, 0.15) is 11.3 Å². The molecule has 0 radical (unpaired) electrons. The molecule has 1 amide bonds. The predicted molar refractivity (Wildman–Crippen MR) is 98.6 cm³/mol. The van der Waals surface area contributed by atoms with E-state index in [9.17, 15) is 9.59 Å². The molecule has 1 N–H and O–H groups in total. The van der Waals surface area contributed by atoms with Gasteiger partial charge in [0, 0.05) is 12.6 Å². The molecule has 0 aliphatic carbocycles. The van der Waals surface area contributed by atoms with Gasteiger partial charge in [-0.05, 0) is 42.5 Å². The third-order valence-corrected chi connectivity index (χ3v) is 4.67. The van der Waals surface area contributed by atoms with Crippen LogP contribution in [0.3, 0.4) is 0 Å². The average molecular weight is 349 g/mol. The molecule has 1 aliphatic rings. The number of carbonyl (C=O) groups excluding carboxylic acids is 1. The van der Waals surface area contributed by atoms with Gasteiger partial charge in [0.2, 0.25) is 0 Å². The van der Waals surface area contributed by atoms with Crippen molar-refractivity contribution in [3.05, 3.63) is 76.1 Å². The van der Waals surface area contributed by atoms with Gasteiger partial charge in [-0.25, -0.2) is 0 Å². The Labute approximate surface area is 150 Å². The summed E-state index contributed by atoms with van der Waals surface area (Å²) in [5.41, 5.74) is 1.36. The Morgan fingerprint density at radius 3 is 2.85 bits per heavy atom. The molecule has 1 aliphatic heterocycles. The molecule has 2 heterocycles. The summed E-state index contributed by atoms with van der Waals surface area (Å²) in [6.07, 6.45) is 1.70. The van der Waals surface area contributed by atoms with E-state index in [1.165, 1.54) is 6.07 Å². The van der Waals surface area contributed by atoms with Crippen molar-refractivity contribution >= 4 is 16.9 Å². The van der Waals surface area contributed by atoms with Crippen molar-refractivity contribution in [3.8, 4) is 5.75 Å². The SMILES string of the molecule is O=C(NC[C@@H]1CCOc2ccccc2C1)c1cc(=O)c2ccccc2o1. The number of hydrogen-bond donors (Lipinski definition) is 1. The van der Waals surface area contributed by atoms with Gasteiger partial charge in [0.15, 0.2) is 11.2 Å². The fraction of sp³-hybridized carbons (Fsp3) is 0.238. The number of para-hydroxylation sites is 2. The molecular weight excluding hydrogens is 330 g/mol. The van der Waals surface area contributed by atoms with E-state index in [-0.39, 0.29) is 23.0 Å². The van der Waals surface area contributed by atoms with Crippen LogP contribution in [0.2, 0.25) is 0 Å². The molecule has 2 aromatic carbocycles. The Bertz CT molecular complexity index is 1010. The van der Waals surface area contributed by atoms with E-state index >= 15 is 0 Å². The van der Waals surface area contributed by atoms with Crippen molar-refractivity contribution in [3.63, 3.8) is 0 Å². The Morgan fingerprint density at radius 1 is 1.12 bits per heavy atom. The normalized spacial score (nSPS) is 16.4. The van der Waals surface area contributed by atoms with E-state index in [2.05, 4.69) is 11.4 Å². The van der Waals surface area contributed by atoms with Crippen molar-refractivity contribution in [2.45, 2.75) is 12.8 Å². The average Bonchev–Trinajstić information content (AvgIpc) is 2.88. The van der Waals surface area contributed by atoms with Gasteiger partial charge in [0.25, 0.3) is 5.91 Å². The first-order valence-corrected chi connectivity index (χ1v) is 8.72. The fourth-order valence-corrected chi connectivity index (χ4v) is 3.28. The number of fused-ring (bicyclic) bond motifs is 2. The zero-order chi connectivity index (χ0) is 17.9. The highest BCUT2D eigenvalue weighted by molar-refractivity contribution is 5.93. The number of carbonyl (C=O) groups is 1. The van der Waals surface area contributed by atoms with E-state index in [1.54, 1.807) is 24.3 Å². The number of nitrogens with one attached hydrogen (secondary N) is 1. The summed E-state index contributed by atoms with van der Waals surface area (Å²) in [6.45, 7) is 1.13. The van der Waals surface area contributed by atoms with Crippen LogP contribution in [-0.2, 0) is 6.42 Å². The standard InChI is InChI=1S/C21H19NO4/c23-17-12-20(26-19-8-4-2-6-16(17)19)21(24)22-13-14-9-10-25-18-7-3-1-5-15(18)11-14/h1-8,12,14H,9-11,13H2,(H,22,24)/t14-/m1/s1. The highest BCUT2D eigenvalue weighted by Crippen LogP contribution is 2.26. The first kappa shape index (κ1) is 16.4. The van der Waals surface area contributed by atoms with Crippen molar-refractivity contribution in [1.29, 1.82) is 0 Å². The Balaban J connectivity index is 1.47. The van der Waals surface area contributed by atoms with Gasteiger partial charge >= 0.3 is 0 Å². The van der Waals surface area contributed by atoms with Crippen LogP contribution in [0.4, 0.5) is 0 Å². The zero-order valence-electron chi connectivity index (χ0n) is 14.2. The second kappa shape index (κ2) is 7.04. The highest BCUT2D eigenvalue weighted by atomic mass is 16.5. The zero-order valence-corrected chi connectivity index (χ0v) is 14.2. The third-order valence-electron chi connectivity index (χ3n) is 4.67. The van der Waals surface area contributed by atoms with Crippen molar-refractivity contribution in [1.82, 2.24) is 5.32 Å². The molecule has 0 saturated carbocycles. The first-order valence-electron chi connectivity index (χ1n) is 8.72. The van der Waals surface area contributed by atoms with Crippen LogP contribution < -0.4 is 15.5 Å². The summed E-state index contributed by atoms with van der Waals surface area (Å²) < 4.78 is 11.4. The Morgan fingerprint density at radius 2 is 1.92 bits per heavy atom. The van der Waals surface area contributed by atoms with Crippen LogP contribution in [0.1, 0.15) is 22.5 Å². The molecular formula is C21H19NO4. The van der Waals surface area contributed by atoms with Gasteiger partial charge in [0.05, 0.1) is 12.0 Å². The van der Waals surface area contributed by atoms with E-state index in [4.69, 9.17) is 9.15 Å². The molecule has 4 rings (SSSR count). The van der Waals surface area contributed by atoms with Gasteiger partial charge < -0.3 is 14.5 Å².